The van der Waals surface area contributed by atoms with Gasteiger partial charge >= 0.3 is 5.69 Å². The van der Waals surface area contributed by atoms with Gasteiger partial charge in [0.15, 0.2) is 0 Å². The Morgan fingerprint density at radius 2 is 1.59 bits per heavy atom. The summed E-state index contributed by atoms with van der Waals surface area (Å²) >= 11 is 0. The lowest BCUT2D eigenvalue weighted by molar-refractivity contribution is -0.121. The predicted octanol–water partition coefficient (Wildman–Crippen LogP) is 3.35. The molecule has 1 heterocycles. The lowest BCUT2D eigenvalue weighted by atomic mass is 10.1. The van der Waals surface area contributed by atoms with Gasteiger partial charge in [0.1, 0.15) is 0 Å². The SMILES string of the molecule is CCn1c(=O)n(CCC(=O)NCCCCc2ccccc2)c2ccccc21. The number of nitrogens with one attached hydrogen (secondary N) is 1. The fourth-order valence-electron chi connectivity index (χ4n) is 3.42. The summed E-state index contributed by atoms with van der Waals surface area (Å²) in [6, 6.07) is 18.1. The molecule has 1 amide bonds. The van der Waals surface area contributed by atoms with Gasteiger partial charge in [-0.15, -0.1) is 0 Å². The third-order valence-electron chi connectivity index (χ3n) is 4.86. The van der Waals surface area contributed by atoms with Gasteiger partial charge in [-0.1, -0.05) is 42.5 Å². The van der Waals surface area contributed by atoms with Crippen LogP contribution in [0.2, 0.25) is 0 Å². The number of benzene rings is 2. The van der Waals surface area contributed by atoms with Crippen molar-refractivity contribution in [2.75, 3.05) is 6.54 Å². The van der Waals surface area contributed by atoms with E-state index in [1.54, 1.807) is 9.13 Å². The number of hydrogen-bond acceptors (Lipinski definition) is 2. The van der Waals surface area contributed by atoms with Gasteiger partial charge in [-0.25, -0.2) is 4.79 Å². The molecule has 27 heavy (non-hydrogen) atoms. The Balaban J connectivity index is 1.46. The van der Waals surface area contributed by atoms with Crippen molar-refractivity contribution < 1.29 is 4.79 Å². The van der Waals surface area contributed by atoms with Crippen molar-refractivity contribution in [3.8, 4) is 0 Å². The first-order valence-electron chi connectivity index (χ1n) is 9.69. The molecule has 0 aliphatic carbocycles. The molecule has 142 valence electrons. The van der Waals surface area contributed by atoms with Gasteiger partial charge in [-0.2, -0.15) is 0 Å². The minimum Gasteiger partial charge on any atom is -0.356 e. The van der Waals surface area contributed by atoms with Crippen molar-refractivity contribution in [2.24, 2.45) is 0 Å². The van der Waals surface area contributed by atoms with Crippen molar-refractivity contribution in [1.29, 1.82) is 0 Å². The standard InChI is InChI=1S/C22H27N3O2/c1-2-24-19-13-6-7-14-20(19)25(22(24)27)17-15-21(26)23-16-9-8-12-18-10-4-3-5-11-18/h3-7,10-11,13-14H,2,8-9,12,15-17H2,1H3,(H,23,26). The first kappa shape index (κ1) is 19.0. The van der Waals surface area contributed by atoms with Crippen molar-refractivity contribution in [3.63, 3.8) is 0 Å². The summed E-state index contributed by atoms with van der Waals surface area (Å²) in [4.78, 5) is 24.7. The minimum absolute atomic E-state index is 0.00468. The lowest BCUT2D eigenvalue weighted by Crippen LogP contribution is -2.29. The molecule has 0 fully saturated rings. The van der Waals surface area contributed by atoms with Crippen LogP contribution in [-0.4, -0.2) is 21.6 Å². The molecule has 0 atom stereocenters. The molecule has 0 aliphatic heterocycles. The van der Waals surface area contributed by atoms with Gasteiger partial charge in [0, 0.05) is 26.1 Å². The maximum atomic E-state index is 12.6. The third-order valence-corrected chi connectivity index (χ3v) is 4.86. The van der Waals surface area contributed by atoms with Gasteiger partial charge in [0.2, 0.25) is 5.91 Å². The Labute approximate surface area is 159 Å². The second-order valence-electron chi connectivity index (χ2n) is 6.71. The Bertz CT molecular complexity index is 941. The van der Waals surface area contributed by atoms with Crippen LogP contribution in [0.5, 0.6) is 0 Å². The van der Waals surface area contributed by atoms with Crippen molar-refractivity contribution in [2.45, 2.75) is 45.7 Å². The van der Waals surface area contributed by atoms with E-state index in [1.807, 2.05) is 37.3 Å². The highest BCUT2D eigenvalue weighted by molar-refractivity contribution is 5.77. The number of para-hydroxylation sites is 2. The number of aromatic nitrogens is 2. The van der Waals surface area contributed by atoms with Crippen LogP contribution in [0.25, 0.3) is 11.0 Å². The number of carbonyl (C=O) groups is 1. The Morgan fingerprint density at radius 1 is 0.926 bits per heavy atom. The molecule has 0 spiro atoms. The summed E-state index contributed by atoms with van der Waals surface area (Å²) < 4.78 is 3.45. The molecular weight excluding hydrogens is 338 g/mol. The van der Waals surface area contributed by atoms with Crippen LogP contribution in [0, 0.1) is 0 Å². The maximum Gasteiger partial charge on any atom is 0.329 e. The second-order valence-corrected chi connectivity index (χ2v) is 6.71. The molecule has 0 saturated carbocycles. The third kappa shape index (κ3) is 4.67. The zero-order valence-corrected chi connectivity index (χ0v) is 15.9. The van der Waals surface area contributed by atoms with Crippen LogP contribution < -0.4 is 11.0 Å². The largest absolute Gasteiger partial charge is 0.356 e. The van der Waals surface area contributed by atoms with Crippen molar-refractivity contribution in [3.05, 3.63) is 70.6 Å². The number of unbranched alkanes of at least 4 members (excludes halogenated alkanes) is 1. The predicted molar refractivity (Wildman–Crippen MR) is 109 cm³/mol. The van der Waals surface area contributed by atoms with Gasteiger partial charge in [-0.3, -0.25) is 13.9 Å². The van der Waals surface area contributed by atoms with Crippen LogP contribution in [-0.2, 0) is 24.3 Å². The Morgan fingerprint density at radius 3 is 2.30 bits per heavy atom. The fourth-order valence-corrected chi connectivity index (χ4v) is 3.42. The average molecular weight is 365 g/mol. The summed E-state index contributed by atoms with van der Waals surface area (Å²) in [5.74, 6) is -0.00468. The number of imidazole rings is 1. The highest BCUT2D eigenvalue weighted by Crippen LogP contribution is 2.13. The highest BCUT2D eigenvalue weighted by atomic mass is 16.2. The van der Waals surface area contributed by atoms with E-state index in [0.717, 1.165) is 30.3 Å². The number of nitrogens with zero attached hydrogens (tertiary/aromatic N) is 2. The average Bonchev–Trinajstić information content (AvgIpc) is 2.97. The van der Waals surface area contributed by atoms with Crippen LogP contribution in [0.3, 0.4) is 0 Å². The number of hydrogen-bond donors (Lipinski definition) is 1. The van der Waals surface area contributed by atoms with Gasteiger partial charge in [-0.05, 0) is 43.9 Å². The smallest absolute Gasteiger partial charge is 0.329 e. The van der Waals surface area contributed by atoms with E-state index in [-0.39, 0.29) is 11.6 Å². The van der Waals surface area contributed by atoms with Crippen LogP contribution in [0.1, 0.15) is 31.7 Å². The maximum absolute atomic E-state index is 12.6. The molecule has 2 aromatic carbocycles. The summed E-state index contributed by atoms with van der Waals surface area (Å²) in [7, 11) is 0. The van der Waals surface area contributed by atoms with Gasteiger partial charge < -0.3 is 5.32 Å². The fraction of sp³-hybridized carbons (Fsp3) is 0.364. The van der Waals surface area contributed by atoms with Crippen molar-refractivity contribution in [1.82, 2.24) is 14.5 Å². The summed E-state index contributed by atoms with van der Waals surface area (Å²) in [5, 5.41) is 2.97. The van der Waals surface area contributed by atoms with E-state index in [9.17, 15) is 9.59 Å². The molecule has 1 N–H and O–H groups in total. The zero-order valence-electron chi connectivity index (χ0n) is 15.9. The molecule has 3 aromatic rings. The van der Waals surface area contributed by atoms with Crippen LogP contribution in [0.15, 0.2) is 59.4 Å². The molecular formula is C22H27N3O2. The van der Waals surface area contributed by atoms with Crippen molar-refractivity contribution >= 4 is 16.9 Å². The molecule has 5 heteroatoms. The number of carbonyl (C=O) groups excluding carboxylic acids is 1. The summed E-state index contributed by atoms with van der Waals surface area (Å²) in [6.45, 7) is 3.67. The molecule has 0 bridgehead atoms. The normalized spacial score (nSPS) is 11.0. The van der Waals surface area contributed by atoms with E-state index >= 15 is 0 Å². The first-order valence-corrected chi connectivity index (χ1v) is 9.69. The van der Waals surface area contributed by atoms with E-state index in [0.29, 0.717) is 26.1 Å². The summed E-state index contributed by atoms with van der Waals surface area (Å²) in [6.07, 6.45) is 3.35. The first-order chi connectivity index (χ1) is 13.2. The Kier molecular flexibility index (Phi) is 6.47. The molecule has 0 radical (unpaired) electrons. The molecule has 0 aliphatic rings. The number of fused-ring (bicyclic) bond motifs is 1. The summed E-state index contributed by atoms with van der Waals surface area (Å²) in [5.41, 5.74) is 3.09. The van der Waals surface area contributed by atoms with E-state index in [2.05, 4.69) is 29.6 Å². The topological polar surface area (TPSA) is 56.0 Å². The second kappa shape index (κ2) is 9.21. The van der Waals surface area contributed by atoms with Gasteiger partial charge in [0.05, 0.1) is 11.0 Å². The lowest BCUT2D eigenvalue weighted by Gasteiger charge is -2.06. The van der Waals surface area contributed by atoms with E-state index < -0.39 is 0 Å². The molecule has 1 aromatic heterocycles. The quantitative estimate of drug-likeness (QED) is 0.591. The highest BCUT2D eigenvalue weighted by Gasteiger charge is 2.12. The van der Waals surface area contributed by atoms with Crippen LogP contribution in [0.4, 0.5) is 0 Å². The van der Waals surface area contributed by atoms with E-state index in [1.165, 1.54) is 5.56 Å². The van der Waals surface area contributed by atoms with Gasteiger partial charge in [0.25, 0.3) is 0 Å². The number of aryl methyl sites for hydroxylation is 3. The zero-order chi connectivity index (χ0) is 19.1. The minimum atomic E-state index is -0.0469. The number of rotatable bonds is 9. The Hall–Kier alpha value is -2.82. The molecule has 5 nitrogen and oxygen atoms in total. The molecule has 0 saturated heterocycles. The number of amides is 1. The van der Waals surface area contributed by atoms with E-state index in [4.69, 9.17) is 0 Å². The molecule has 0 unspecified atom stereocenters. The molecule has 3 rings (SSSR count). The monoisotopic (exact) mass is 365 g/mol. The van der Waals surface area contributed by atoms with Crippen LogP contribution >= 0.6 is 0 Å².